The lowest BCUT2D eigenvalue weighted by Crippen LogP contribution is -2.10. The standard InChI is InChI=1S/C13H15N3O3S/c1-8-11(13(14)17)6-12(16-8)9-3-2-4-10(5-9)15-7-20(18)19/h2-6,15-16,20H,7H2,1H3,(H2,14,17). The quantitative estimate of drug-likeness (QED) is 0.619. The van der Waals surface area contributed by atoms with Crippen molar-refractivity contribution in [1.82, 2.24) is 4.98 Å². The minimum Gasteiger partial charge on any atom is -0.372 e. The lowest BCUT2D eigenvalue weighted by Gasteiger charge is -2.04. The first-order valence-corrected chi connectivity index (χ1v) is 7.29. The molecule has 0 aliphatic carbocycles. The normalized spacial score (nSPS) is 10.7. The lowest BCUT2D eigenvalue weighted by atomic mass is 10.1. The number of hydrogen-bond acceptors (Lipinski definition) is 4. The highest BCUT2D eigenvalue weighted by atomic mass is 32.2. The Morgan fingerprint density at radius 2 is 2.10 bits per heavy atom. The molecule has 1 amide bonds. The zero-order chi connectivity index (χ0) is 14.7. The fourth-order valence-corrected chi connectivity index (χ4v) is 2.23. The molecular formula is C13H15N3O3S. The van der Waals surface area contributed by atoms with Gasteiger partial charge in [0.1, 0.15) is 5.88 Å². The molecule has 0 aliphatic rings. The average molecular weight is 293 g/mol. The van der Waals surface area contributed by atoms with Gasteiger partial charge in [0, 0.05) is 17.1 Å². The Bertz CT molecular complexity index is 711. The summed E-state index contributed by atoms with van der Waals surface area (Å²) in [5, 5.41) is 2.80. The first-order valence-electron chi connectivity index (χ1n) is 5.93. The van der Waals surface area contributed by atoms with Gasteiger partial charge in [0.05, 0.1) is 5.56 Å². The maximum Gasteiger partial charge on any atom is 0.250 e. The van der Waals surface area contributed by atoms with E-state index in [0.717, 1.165) is 11.3 Å². The van der Waals surface area contributed by atoms with E-state index >= 15 is 0 Å². The molecule has 0 radical (unpaired) electrons. The molecule has 2 aromatic rings. The molecule has 6 nitrogen and oxygen atoms in total. The van der Waals surface area contributed by atoms with Gasteiger partial charge in [-0.2, -0.15) is 0 Å². The van der Waals surface area contributed by atoms with E-state index < -0.39 is 16.6 Å². The van der Waals surface area contributed by atoms with Crippen LogP contribution < -0.4 is 11.1 Å². The van der Waals surface area contributed by atoms with Crippen LogP contribution in [0.5, 0.6) is 0 Å². The molecule has 0 unspecified atom stereocenters. The number of carbonyl (C=O) groups excluding carboxylic acids is 1. The van der Waals surface area contributed by atoms with E-state index in [-0.39, 0.29) is 5.88 Å². The van der Waals surface area contributed by atoms with E-state index in [9.17, 15) is 13.2 Å². The summed E-state index contributed by atoms with van der Waals surface area (Å²) in [6.45, 7) is 1.77. The zero-order valence-electron chi connectivity index (χ0n) is 10.8. The van der Waals surface area contributed by atoms with E-state index in [1.54, 1.807) is 31.2 Å². The summed E-state index contributed by atoms with van der Waals surface area (Å²) in [4.78, 5) is 14.3. The molecule has 0 atom stereocenters. The molecule has 0 saturated heterocycles. The van der Waals surface area contributed by atoms with Crippen LogP contribution in [0.4, 0.5) is 5.69 Å². The maximum atomic E-state index is 11.2. The van der Waals surface area contributed by atoms with Crippen molar-refractivity contribution in [2.75, 3.05) is 11.2 Å². The summed E-state index contributed by atoms with van der Waals surface area (Å²) in [6.07, 6.45) is 0. The topological polar surface area (TPSA) is 105 Å². The zero-order valence-corrected chi connectivity index (χ0v) is 11.7. The minimum absolute atomic E-state index is 0.116. The van der Waals surface area contributed by atoms with Crippen molar-refractivity contribution >= 4 is 22.3 Å². The van der Waals surface area contributed by atoms with Gasteiger partial charge in [0.2, 0.25) is 0 Å². The largest absolute Gasteiger partial charge is 0.372 e. The Morgan fingerprint density at radius 1 is 1.35 bits per heavy atom. The Kier molecular flexibility index (Phi) is 4.09. The molecule has 4 N–H and O–H groups in total. The van der Waals surface area contributed by atoms with Gasteiger partial charge in [-0.3, -0.25) is 4.79 Å². The van der Waals surface area contributed by atoms with Crippen LogP contribution in [-0.4, -0.2) is 25.2 Å². The van der Waals surface area contributed by atoms with Crippen LogP contribution in [0.1, 0.15) is 16.1 Å². The van der Waals surface area contributed by atoms with Crippen molar-refractivity contribution in [1.29, 1.82) is 0 Å². The summed E-state index contributed by atoms with van der Waals surface area (Å²) >= 11 is 0. The van der Waals surface area contributed by atoms with Gasteiger partial charge >= 0.3 is 0 Å². The van der Waals surface area contributed by atoms with E-state index in [1.165, 1.54) is 0 Å². The van der Waals surface area contributed by atoms with Crippen LogP contribution in [0.3, 0.4) is 0 Å². The number of carbonyl (C=O) groups is 1. The summed E-state index contributed by atoms with van der Waals surface area (Å²) < 4.78 is 21.1. The molecule has 0 aliphatic heterocycles. The number of rotatable bonds is 5. The van der Waals surface area contributed by atoms with Gasteiger partial charge in [-0.25, -0.2) is 8.42 Å². The maximum absolute atomic E-state index is 11.2. The van der Waals surface area contributed by atoms with Crippen LogP contribution in [0.15, 0.2) is 30.3 Å². The second kappa shape index (κ2) is 5.79. The van der Waals surface area contributed by atoms with Crippen LogP contribution >= 0.6 is 0 Å². The average Bonchev–Trinajstić information content (AvgIpc) is 2.79. The van der Waals surface area contributed by atoms with E-state index in [1.807, 2.05) is 6.07 Å². The van der Waals surface area contributed by atoms with Gasteiger partial charge in [0.25, 0.3) is 5.91 Å². The number of anilines is 1. The molecular weight excluding hydrogens is 278 g/mol. The summed E-state index contributed by atoms with van der Waals surface area (Å²) in [6, 6.07) is 8.92. The van der Waals surface area contributed by atoms with Crippen LogP contribution in [0.25, 0.3) is 11.3 Å². The van der Waals surface area contributed by atoms with Gasteiger partial charge in [-0.1, -0.05) is 12.1 Å². The molecule has 7 heteroatoms. The third-order valence-electron chi connectivity index (χ3n) is 2.87. The number of hydrogen-bond donors (Lipinski definition) is 4. The number of aromatic amines is 1. The van der Waals surface area contributed by atoms with Gasteiger partial charge < -0.3 is 16.0 Å². The lowest BCUT2D eigenvalue weighted by molar-refractivity contribution is 0.1000. The predicted octanol–water partition coefficient (Wildman–Crippen LogP) is 1.07. The number of aryl methyl sites for hydroxylation is 1. The monoisotopic (exact) mass is 293 g/mol. The highest BCUT2D eigenvalue weighted by Gasteiger charge is 2.10. The summed E-state index contributed by atoms with van der Waals surface area (Å²) in [5.74, 6) is -0.600. The van der Waals surface area contributed by atoms with Gasteiger partial charge in [-0.05, 0) is 30.7 Å². The summed E-state index contributed by atoms with van der Waals surface area (Å²) in [5.41, 5.74) is 8.71. The molecule has 1 heterocycles. The third kappa shape index (κ3) is 3.18. The molecule has 1 aromatic heterocycles. The molecule has 0 saturated carbocycles. The number of amides is 1. The van der Waals surface area contributed by atoms with E-state index in [4.69, 9.17) is 5.73 Å². The first kappa shape index (κ1) is 14.1. The van der Waals surface area contributed by atoms with E-state index in [0.29, 0.717) is 16.9 Å². The van der Waals surface area contributed by atoms with Crippen molar-refractivity contribution in [3.05, 3.63) is 41.6 Å². The van der Waals surface area contributed by atoms with E-state index in [2.05, 4.69) is 10.3 Å². The van der Waals surface area contributed by atoms with Crippen LogP contribution in [0.2, 0.25) is 0 Å². The fraction of sp³-hybridized carbons (Fsp3) is 0.154. The molecule has 0 bridgehead atoms. The number of aromatic nitrogens is 1. The number of thiol groups is 1. The Hall–Kier alpha value is -2.28. The van der Waals surface area contributed by atoms with Gasteiger partial charge in [-0.15, -0.1) is 0 Å². The molecule has 2 rings (SSSR count). The number of nitrogens with one attached hydrogen (secondary N) is 2. The molecule has 0 spiro atoms. The predicted molar refractivity (Wildman–Crippen MR) is 78.3 cm³/mol. The third-order valence-corrected chi connectivity index (χ3v) is 3.28. The molecule has 0 fully saturated rings. The molecule has 20 heavy (non-hydrogen) atoms. The van der Waals surface area contributed by atoms with Crippen molar-refractivity contribution in [3.63, 3.8) is 0 Å². The van der Waals surface area contributed by atoms with Crippen molar-refractivity contribution < 1.29 is 13.2 Å². The number of H-pyrrole nitrogens is 1. The Balaban J connectivity index is 2.31. The number of primary amides is 1. The van der Waals surface area contributed by atoms with Crippen molar-refractivity contribution in [3.8, 4) is 11.3 Å². The number of nitrogens with two attached hydrogens (primary N) is 1. The molecule has 1 aromatic carbocycles. The highest BCUT2D eigenvalue weighted by Crippen LogP contribution is 2.24. The van der Waals surface area contributed by atoms with Crippen LogP contribution in [-0.2, 0) is 10.7 Å². The minimum atomic E-state index is -2.48. The Morgan fingerprint density at radius 3 is 2.70 bits per heavy atom. The SMILES string of the molecule is Cc1[nH]c(-c2cccc(NC[SH](=O)=O)c2)cc1C(N)=O. The van der Waals surface area contributed by atoms with Crippen molar-refractivity contribution in [2.24, 2.45) is 5.73 Å². The Labute approximate surface area is 118 Å². The van der Waals surface area contributed by atoms with Crippen LogP contribution in [0, 0.1) is 6.92 Å². The smallest absolute Gasteiger partial charge is 0.250 e. The first-order chi connectivity index (χ1) is 9.47. The fourth-order valence-electron chi connectivity index (χ4n) is 1.92. The second-order valence-electron chi connectivity index (χ2n) is 4.33. The van der Waals surface area contributed by atoms with Gasteiger partial charge in [0.15, 0.2) is 10.7 Å². The molecule has 106 valence electrons. The second-order valence-corrected chi connectivity index (χ2v) is 5.32. The summed E-state index contributed by atoms with van der Waals surface area (Å²) in [7, 11) is -2.48. The highest BCUT2D eigenvalue weighted by molar-refractivity contribution is 7.72. The van der Waals surface area contributed by atoms with Crippen molar-refractivity contribution in [2.45, 2.75) is 6.92 Å². The number of benzene rings is 1.